The summed E-state index contributed by atoms with van der Waals surface area (Å²) in [6.07, 6.45) is -6.44. The lowest BCUT2D eigenvalue weighted by molar-refractivity contribution is -0.161. The van der Waals surface area contributed by atoms with E-state index in [0.717, 1.165) is 34.7 Å². The largest absolute Gasteiger partial charge is 0.490 e. The number of benzene rings is 1. The molecule has 55 heavy (non-hydrogen) atoms. The summed E-state index contributed by atoms with van der Waals surface area (Å²) in [6, 6.07) is 8.60. The van der Waals surface area contributed by atoms with Crippen LogP contribution in [-0.2, 0) is 27.5 Å². The number of pyridine rings is 1. The predicted molar refractivity (Wildman–Crippen MR) is 188 cm³/mol. The first kappa shape index (κ1) is 40.3. The zero-order valence-corrected chi connectivity index (χ0v) is 30.8. The number of hydrogen-bond acceptors (Lipinski definition) is 8. The molecule has 298 valence electrons. The lowest BCUT2D eigenvalue weighted by Crippen LogP contribution is -2.69. The van der Waals surface area contributed by atoms with Crippen molar-refractivity contribution in [2.45, 2.75) is 100 Å². The number of carboxylic acids is 1. The standard InChI is InChI=1S/C38H42F6N4O6S/c1-2-7-29-36(54-25-21-30(55-22-25)38(42,43)44,13-6-17-48(29)32(49)31-27(37(39,40)41)9-5-16-46-31)34(52)47-18-14-35(45,15-19-47)26-8-3-4-10-28(26)53-24-12-11-23(20-24)33(50)51/h3-5,8-10,16,21-24,29H,2,6-7,11-15,17-20,45H2,1H3,(H,50,51)/t23-,24-,29+,36-/m0/s1. The molecule has 3 aromatic rings. The van der Waals surface area contributed by atoms with Crippen molar-refractivity contribution in [2.75, 3.05) is 19.6 Å². The van der Waals surface area contributed by atoms with Gasteiger partial charge in [0.15, 0.2) is 0 Å². The number of halogens is 6. The Morgan fingerprint density at radius 2 is 1.73 bits per heavy atom. The minimum absolute atomic E-state index is 0.0223. The van der Waals surface area contributed by atoms with Crippen molar-refractivity contribution in [3.8, 4) is 11.5 Å². The lowest BCUT2D eigenvalue weighted by atomic mass is 9.77. The minimum atomic E-state index is -4.91. The maximum absolute atomic E-state index is 15.0. The van der Waals surface area contributed by atoms with Crippen molar-refractivity contribution in [3.63, 3.8) is 0 Å². The van der Waals surface area contributed by atoms with Gasteiger partial charge in [0, 0.05) is 54.8 Å². The summed E-state index contributed by atoms with van der Waals surface area (Å²) in [5, 5.41) is 10.6. The van der Waals surface area contributed by atoms with Crippen molar-refractivity contribution in [3.05, 3.63) is 75.7 Å². The second kappa shape index (κ2) is 15.6. The number of carboxylic acid groups (broad SMARTS) is 1. The van der Waals surface area contributed by atoms with Gasteiger partial charge in [-0.1, -0.05) is 31.5 Å². The van der Waals surface area contributed by atoms with Crippen molar-refractivity contribution >= 4 is 29.1 Å². The van der Waals surface area contributed by atoms with Gasteiger partial charge in [-0.05, 0) is 63.1 Å². The van der Waals surface area contributed by atoms with Gasteiger partial charge >= 0.3 is 18.3 Å². The van der Waals surface area contributed by atoms with Crippen molar-refractivity contribution in [2.24, 2.45) is 11.7 Å². The van der Waals surface area contributed by atoms with E-state index in [1.807, 2.05) is 6.07 Å². The number of nitrogens with two attached hydrogens (primary N) is 1. The fourth-order valence-electron chi connectivity index (χ4n) is 8.15. The molecule has 4 atom stereocenters. The molecule has 1 aliphatic carbocycles. The number of carbonyl (C=O) groups is 3. The molecule has 10 nitrogen and oxygen atoms in total. The van der Waals surface area contributed by atoms with Crippen LogP contribution in [0.5, 0.6) is 11.5 Å². The molecule has 3 N–H and O–H groups in total. The molecule has 2 saturated heterocycles. The summed E-state index contributed by atoms with van der Waals surface area (Å²) >= 11 is 0.378. The third-order valence-corrected chi connectivity index (χ3v) is 11.9. The van der Waals surface area contributed by atoms with Crippen LogP contribution < -0.4 is 15.2 Å². The van der Waals surface area contributed by atoms with Crippen LogP contribution >= 0.6 is 11.3 Å². The van der Waals surface area contributed by atoms with E-state index in [0.29, 0.717) is 48.3 Å². The number of alkyl halides is 6. The number of para-hydroxylation sites is 1. The summed E-state index contributed by atoms with van der Waals surface area (Å²) in [7, 11) is 0. The van der Waals surface area contributed by atoms with Crippen molar-refractivity contribution < 1.29 is 55.3 Å². The Labute approximate surface area is 317 Å². The average Bonchev–Trinajstić information content (AvgIpc) is 3.82. The van der Waals surface area contributed by atoms with E-state index < -0.39 is 69.4 Å². The maximum atomic E-state index is 15.0. The van der Waals surface area contributed by atoms with Crippen LogP contribution in [-0.4, -0.2) is 75.1 Å². The molecule has 0 spiro atoms. The van der Waals surface area contributed by atoms with Gasteiger partial charge in [0.2, 0.25) is 5.60 Å². The molecular weight excluding hydrogens is 754 g/mol. The van der Waals surface area contributed by atoms with E-state index in [4.69, 9.17) is 15.2 Å². The Morgan fingerprint density at radius 3 is 2.36 bits per heavy atom. The topological polar surface area (TPSA) is 135 Å². The third kappa shape index (κ3) is 8.27. The zero-order chi connectivity index (χ0) is 39.8. The van der Waals surface area contributed by atoms with Crippen molar-refractivity contribution in [1.29, 1.82) is 0 Å². The van der Waals surface area contributed by atoms with Crippen LogP contribution in [0.4, 0.5) is 26.3 Å². The minimum Gasteiger partial charge on any atom is -0.490 e. The highest BCUT2D eigenvalue weighted by atomic mass is 32.1. The number of rotatable bonds is 10. The highest BCUT2D eigenvalue weighted by Crippen LogP contribution is 2.44. The third-order valence-electron chi connectivity index (χ3n) is 10.9. The second-order valence-corrected chi connectivity index (χ2v) is 15.4. The molecule has 3 fully saturated rings. The number of amides is 2. The SMILES string of the molecule is CCC[C@H]1N(C(=O)c2ncccc2C(F)(F)F)CCC[C@@]1(Oc1csc(C(F)(F)F)c1)C(=O)N1CCC(N)(c2ccccc2O[C@H]2CC[C@H](C(=O)O)C2)CC1. The Bertz CT molecular complexity index is 1880. The first-order valence-electron chi connectivity index (χ1n) is 18.2. The van der Waals surface area contributed by atoms with Gasteiger partial charge in [0.05, 0.1) is 23.6 Å². The summed E-state index contributed by atoms with van der Waals surface area (Å²) in [5.41, 5.74) is 2.66. The van der Waals surface area contributed by atoms with E-state index in [2.05, 4.69) is 4.98 Å². The monoisotopic (exact) mass is 796 g/mol. The Kier molecular flexibility index (Phi) is 11.5. The molecular formula is C38H42F6N4O6S. The highest BCUT2D eigenvalue weighted by molar-refractivity contribution is 7.10. The fraction of sp³-hybridized carbons (Fsp3) is 0.526. The Morgan fingerprint density at radius 1 is 1.00 bits per heavy atom. The number of likely N-dealkylation sites (tertiary alicyclic amines) is 2. The molecule has 2 aromatic heterocycles. The van der Waals surface area contributed by atoms with Gasteiger partial charge in [-0.3, -0.25) is 19.4 Å². The normalized spacial score (nSPS) is 24.4. The number of carbonyl (C=O) groups excluding carboxylic acids is 2. The number of aliphatic carboxylic acids is 1. The van der Waals surface area contributed by atoms with Gasteiger partial charge in [-0.15, -0.1) is 11.3 Å². The van der Waals surface area contributed by atoms with E-state index >= 15 is 0 Å². The summed E-state index contributed by atoms with van der Waals surface area (Å²) in [6.45, 7) is 1.89. The number of thiophene rings is 1. The molecule has 4 heterocycles. The van der Waals surface area contributed by atoms with E-state index in [9.17, 15) is 45.8 Å². The molecule has 0 radical (unpaired) electrons. The molecule has 6 rings (SSSR count). The van der Waals surface area contributed by atoms with Gasteiger partial charge in [-0.2, -0.15) is 26.3 Å². The predicted octanol–water partition coefficient (Wildman–Crippen LogP) is 7.51. The first-order chi connectivity index (χ1) is 26.0. The zero-order valence-electron chi connectivity index (χ0n) is 30.0. The van der Waals surface area contributed by atoms with Crippen LogP contribution in [0.25, 0.3) is 0 Å². The quantitative estimate of drug-likeness (QED) is 0.202. The molecule has 0 bridgehead atoms. The summed E-state index contributed by atoms with van der Waals surface area (Å²) in [5.74, 6) is -2.79. The van der Waals surface area contributed by atoms with Gasteiger partial charge in [0.25, 0.3) is 11.8 Å². The van der Waals surface area contributed by atoms with Crippen LogP contribution in [0.3, 0.4) is 0 Å². The molecule has 0 unspecified atom stereocenters. The van der Waals surface area contributed by atoms with E-state index in [-0.39, 0.29) is 63.6 Å². The van der Waals surface area contributed by atoms with Crippen LogP contribution in [0.2, 0.25) is 0 Å². The summed E-state index contributed by atoms with van der Waals surface area (Å²) < 4.78 is 95.9. The number of hydrogen-bond donors (Lipinski definition) is 2. The van der Waals surface area contributed by atoms with Crippen LogP contribution in [0.1, 0.15) is 91.2 Å². The Balaban J connectivity index is 1.31. The van der Waals surface area contributed by atoms with Crippen LogP contribution in [0.15, 0.2) is 54.0 Å². The van der Waals surface area contributed by atoms with Gasteiger partial charge < -0.3 is 30.1 Å². The second-order valence-electron chi connectivity index (χ2n) is 14.5. The molecule has 2 aliphatic heterocycles. The van der Waals surface area contributed by atoms with Crippen LogP contribution in [0, 0.1) is 5.92 Å². The van der Waals surface area contributed by atoms with E-state index in [1.54, 1.807) is 25.1 Å². The number of piperidine rings is 2. The molecule has 1 aromatic carbocycles. The van der Waals surface area contributed by atoms with Gasteiger partial charge in [0.1, 0.15) is 22.1 Å². The number of nitrogens with zero attached hydrogens (tertiary/aromatic N) is 3. The molecule has 17 heteroatoms. The summed E-state index contributed by atoms with van der Waals surface area (Å²) in [4.78, 5) is 46.0. The molecule has 2 amide bonds. The number of ether oxygens (including phenoxy) is 2. The maximum Gasteiger partial charge on any atom is 0.425 e. The van der Waals surface area contributed by atoms with Crippen molar-refractivity contribution in [1.82, 2.24) is 14.8 Å². The average molecular weight is 797 g/mol. The Hall–Kier alpha value is -4.38. The highest BCUT2D eigenvalue weighted by Gasteiger charge is 2.56. The molecule has 3 aliphatic rings. The smallest absolute Gasteiger partial charge is 0.425 e. The molecule has 1 saturated carbocycles. The first-order valence-corrected chi connectivity index (χ1v) is 19.1. The number of aromatic nitrogens is 1. The fourth-order valence-corrected chi connectivity index (χ4v) is 8.83. The van der Waals surface area contributed by atoms with Gasteiger partial charge in [-0.25, -0.2) is 0 Å². The van der Waals surface area contributed by atoms with E-state index in [1.165, 1.54) is 4.90 Å². The lowest BCUT2D eigenvalue weighted by Gasteiger charge is -2.51.